The Labute approximate surface area is 80.1 Å². The smallest absolute Gasteiger partial charge is 0.236 e. The lowest BCUT2D eigenvalue weighted by molar-refractivity contribution is -0.131. The first-order chi connectivity index (χ1) is 6.15. The molecule has 0 aromatic rings. The highest BCUT2D eigenvalue weighted by atomic mass is 16.3. The number of amides is 1. The van der Waals surface area contributed by atoms with Crippen molar-refractivity contribution < 1.29 is 9.90 Å². The fraction of sp³-hybridized carbons (Fsp3) is 0.889. The lowest BCUT2D eigenvalue weighted by Crippen LogP contribution is -2.39. The zero-order valence-electron chi connectivity index (χ0n) is 8.79. The molecular formula is C9H20N2O2. The lowest BCUT2D eigenvalue weighted by Gasteiger charge is -2.22. The summed E-state index contributed by atoms with van der Waals surface area (Å²) < 4.78 is 0. The monoisotopic (exact) mass is 188 g/mol. The first-order valence-electron chi connectivity index (χ1n) is 4.72. The van der Waals surface area contributed by atoms with Crippen molar-refractivity contribution in [3.63, 3.8) is 0 Å². The van der Waals surface area contributed by atoms with Gasteiger partial charge in [0, 0.05) is 19.6 Å². The molecule has 1 amide bonds. The number of hydrogen-bond acceptors (Lipinski definition) is 3. The Kier molecular flexibility index (Phi) is 6.54. The number of aliphatic hydroxyl groups excluding tert-OH is 1. The zero-order chi connectivity index (χ0) is 10.3. The van der Waals surface area contributed by atoms with Crippen molar-refractivity contribution in [2.24, 2.45) is 0 Å². The summed E-state index contributed by atoms with van der Waals surface area (Å²) in [7, 11) is 1.83. The largest absolute Gasteiger partial charge is 0.395 e. The molecule has 13 heavy (non-hydrogen) atoms. The van der Waals surface area contributed by atoms with Crippen LogP contribution in [-0.2, 0) is 4.79 Å². The second-order valence-electron chi connectivity index (χ2n) is 3.03. The van der Waals surface area contributed by atoms with Crippen LogP contribution in [0.5, 0.6) is 0 Å². The van der Waals surface area contributed by atoms with E-state index in [4.69, 9.17) is 5.11 Å². The van der Waals surface area contributed by atoms with E-state index in [-0.39, 0.29) is 12.5 Å². The fourth-order valence-corrected chi connectivity index (χ4v) is 1.16. The average molecular weight is 188 g/mol. The number of likely N-dealkylation sites (N-methyl/N-ethyl adjacent to an activating group) is 2. The molecule has 4 heteroatoms. The van der Waals surface area contributed by atoms with Crippen molar-refractivity contribution in [2.75, 3.05) is 39.8 Å². The van der Waals surface area contributed by atoms with Crippen LogP contribution in [0.4, 0.5) is 0 Å². The molecule has 0 aromatic heterocycles. The number of hydrogen-bond donors (Lipinski definition) is 1. The summed E-state index contributed by atoms with van der Waals surface area (Å²) in [6, 6.07) is 0. The minimum absolute atomic E-state index is 0.0992. The topological polar surface area (TPSA) is 43.8 Å². The van der Waals surface area contributed by atoms with E-state index < -0.39 is 0 Å². The van der Waals surface area contributed by atoms with E-state index in [9.17, 15) is 4.79 Å². The Morgan fingerprint density at radius 1 is 1.31 bits per heavy atom. The molecule has 78 valence electrons. The Hall–Kier alpha value is -0.610. The van der Waals surface area contributed by atoms with Gasteiger partial charge in [0.05, 0.1) is 13.2 Å². The molecule has 0 spiro atoms. The van der Waals surface area contributed by atoms with E-state index in [0.717, 1.165) is 13.1 Å². The van der Waals surface area contributed by atoms with E-state index in [0.29, 0.717) is 13.1 Å². The SMILES string of the molecule is CCN(CC)C(=O)CN(C)CCO. The minimum atomic E-state index is 0.0992. The molecule has 0 saturated carbocycles. The summed E-state index contributed by atoms with van der Waals surface area (Å²) in [6.07, 6.45) is 0. The van der Waals surface area contributed by atoms with Gasteiger partial charge in [-0.25, -0.2) is 0 Å². The van der Waals surface area contributed by atoms with E-state index in [1.807, 2.05) is 25.8 Å². The molecule has 0 aliphatic rings. The highest BCUT2D eigenvalue weighted by Gasteiger charge is 2.11. The van der Waals surface area contributed by atoms with E-state index in [2.05, 4.69) is 0 Å². The summed E-state index contributed by atoms with van der Waals surface area (Å²) in [6.45, 7) is 6.47. The third-order valence-electron chi connectivity index (χ3n) is 2.00. The van der Waals surface area contributed by atoms with Crippen LogP contribution in [0.15, 0.2) is 0 Å². The van der Waals surface area contributed by atoms with Crippen LogP contribution >= 0.6 is 0 Å². The molecule has 0 radical (unpaired) electrons. The van der Waals surface area contributed by atoms with Crippen molar-refractivity contribution >= 4 is 5.91 Å². The minimum Gasteiger partial charge on any atom is -0.395 e. The molecule has 0 aromatic carbocycles. The van der Waals surface area contributed by atoms with Crippen molar-refractivity contribution in [2.45, 2.75) is 13.8 Å². The predicted molar refractivity (Wildman–Crippen MR) is 52.5 cm³/mol. The summed E-state index contributed by atoms with van der Waals surface area (Å²) in [5, 5.41) is 8.64. The summed E-state index contributed by atoms with van der Waals surface area (Å²) in [4.78, 5) is 15.1. The van der Waals surface area contributed by atoms with Crippen LogP contribution in [0.3, 0.4) is 0 Å². The zero-order valence-corrected chi connectivity index (χ0v) is 8.79. The van der Waals surface area contributed by atoms with Crippen LogP contribution in [0.2, 0.25) is 0 Å². The number of rotatable bonds is 6. The normalized spacial score (nSPS) is 10.5. The summed E-state index contributed by atoms with van der Waals surface area (Å²) in [5.41, 5.74) is 0. The second-order valence-corrected chi connectivity index (χ2v) is 3.03. The molecule has 0 bridgehead atoms. The molecule has 0 fully saturated rings. The standard InChI is InChI=1S/C9H20N2O2/c1-4-11(5-2)9(13)8-10(3)6-7-12/h12H,4-8H2,1-3H3. The van der Waals surface area contributed by atoms with Gasteiger partial charge in [-0.2, -0.15) is 0 Å². The molecule has 0 aliphatic heterocycles. The third-order valence-corrected chi connectivity index (χ3v) is 2.00. The Balaban J connectivity index is 3.83. The van der Waals surface area contributed by atoms with Crippen molar-refractivity contribution in [3.05, 3.63) is 0 Å². The molecule has 0 saturated heterocycles. The van der Waals surface area contributed by atoms with E-state index in [1.54, 1.807) is 4.90 Å². The first kappa shape index (κ1) is 12.4. The van der Waals surface area contributed by atoms with Crippen LogP contribution in [0.25, 0.3) is 0 Å². The summed E-state index contributed by atoms with van der Waals surface area (Å²) >= 11 is 0. The molecule has 0 rings (SSSR count). The van der Waals surface area contributed by atoms with Gasteiger partial charge in [-0.15, -0.1) is 0 Å². The van der Waals surface area contributed by atoms with Crippen LogP contribution in [0, 0.1) is 0 Å². The van der Waals surface area contributed by atoms with Gasteiger partial charge in [0.15, 0.2) is 0 Å². The van der Waals surface area contributed by atoms with Crippen LogP contribution in [0.1, 0.15) is 13.8 Å². The number of aliphatic hydroxyl groups is 1. The van der Waals surface area contributed by atoms with Crippen molar-refractivity contribution in [1.82, 2.24) is 9.80 Å². The Morgan fingerprint density at radius 3 is 2.23 bits per heavy atom. The van der Waals surface area contributed by atoms with Gasteiger partial charge in [0.25, 0.3) is 0 Å². The maximum Gasteiger partial charge on any atom is 0.236 e. The highest BCUT2D eigenvalue weighted by Crippen LogP contribution is 1.91. The number of nitrogens with zero attached hydrogens (tertiary/aromatic N) is 2. The van der Waals surface area contributed by atoms with Gasteiger partial charge < -0.3 is 10.0 Å². The van der Waals surface area contributed by atoms with Crippen LogP contribution < -0.4 is 0 Å². The Morgan fingerprint density at radius 2 is 1.85 bits per heavy atom. The molecule has 0 aliphatic carbocycles. The van der Waals surface area contributed by atoms with Gasteiger partial charge in [-0.05, 0) is 20.9 Å². The molecule has 4 nitrogen and oxygen atoms in total. The van der Waals surface area contributed by atoms with Crippen molar-refractivity contribution in [1.29, 1.82) is 0 Å². The number of carbonyl (C=O) groups excluding carboxylic acids is 1. The van der Waals surface area contributed by atoms with E-state index >= 15 is 0 Å². The maximum absolute atomic E-state index is 11.5. The van der Waals surface area contributed by atoms with Gasteiger partial charge in [-0.3, -0.25) is 9.69 Å². The highest BCUT2D eigenvalue weighted by molar-refractivity contribution is 5.78. The molecular weight excluding hydrogens is 168 g/mol. The summed E-state index contributed by atoms with van der Waals surface area (Å²) in [5.74, 6) is 0.126. The lowest BCUT2D eigenvalue weighted by atomic mass is 10.4. The Bertz CT molecular complexity index is 147. The average Bonchev–Trinajstić information content (AvgIpc) is 2.06. The number of carbonyl (C=O) groups is 1. The van der Waals surface area contributed by atoms with Gasteiger partial charge in [0.1, 0.15) is 0 Å². The quantitative estimate of drug-likeness (QED) is 0.626. The van der Waals surface area contributed by atoms with E-state index in [1.165, 1.54) is 0 Å². The van der Waals surface area contributed by atoms with Gasteiger partial charge in [-0.1, -0.05) is 0 Å². The van der Waals surface area contributed by atoms with Crippen molar-refractivity contribution in [3.8, 4) is 0 Å². The van der Waals surface area contributed by atoms with Gasteiger partial charge >= 0.3 is 0 Å². The van der Waals surface area contributed by atoms with Gasteiger partial charge in [0.2, 0.25) is 5.91 Å². The predicted octanol–water partition coefficient (Wildman–Crippen LogP) is -0.221. The fourth-order valence-electron chi connectivity index (χ4n) is 1.16. The first-order valence-corrected chi connectivity index (χ1v) is 4.72. The molecule has 0 unspecified atom stereocenters. The molecule has 0 heterocycles. The second kappa shape index (κ2) is 6.86. The van der Waals surface area contributed by atoms with Crippen LogP contribution in [-0.4, -0.2) is 60.6 Å². The maximum atomic E-state index is 11.5. The molecule has 0 atom stereocenters. The molecule has 1 N–H and O–H groups in total. The third kappa shape index (κ3) is 4.85.